The second-order valence-electron chi connectivity index (χ2n) is 9.95. The predicted molar refractivity (Wildman–Crippen MR) is 108 cm³/mol. The lowest BCUT2D eigenvalue weighted by molar-refractivity contribution is -0.124. The van der Waals surface area contributed by atoms with Gasteiger partial charge in [-0.25, -0.2) is 0 Å². The van der Waals surface area contributed by atoms with Gasteiger partial charge in [-0.05, 0) is 70.5 Å². The number of ketones is 1. The minimum absolute atomic E-state index is 0.217. The summed E-state index contributed by atoms with van der Waals surface area (Å²) >= 11 is 0. The van der Waals surface area contributed by atoms with E-state index in [0.717, 1.165) is 6.42 Å². The van der Waals surface area contributed by atoms with E-state index < -0.39 is 0 Å². The van der Waals surface area contributed by atoms with Crippen LogP contribution in [0.1, 0.15) is 59.8 Å². The number of hydrogen-bond donors (Lipinski definition) is 0. The van der Waals surface area contributed by atoms with Crippen molar-refractivity contribution < 1.29 is 4.79 Å². The van der Waals surface area contributed by atoms with Gasteiger partial charge in [0.05, 0.1) is 0 Å². The second kappa shape index (κ2) is 8.70. The van der Waals surface area contributed by atoms with Gasteiger partial charge in [-0.3, -0.25) is 9.69 Å². The molecule has 3 rings (SSSR count). The first-order valence-corrected chi connectivity index (χ1v) is 11.1. The van der Waals surface area contributed by atoms with E-state index in [1.165, 1.54) is 78.0 Å². The zero-order valence-corrected chi connectivity index (χ0v) is 17.7. The van der Waals surface area contributed by atoms with E-state index in [2.05, 4.69) is 28.5 Å². The lowest BCUT2D eigenvalue weighted by Crippen LogP contribution is -2.49. The molecule has 4 nitrogen and oxygen atoms in total. The summed E-state index contributed by atoms with van der Waals surface area (Å²) in [6.45, 7) is 18.8. The highest BCUT2D eigenvalue weighted by atomic mass is 16.1. The Morgan fingerprint density at radius 2 is 1.62 bits per heavy atom. The Morgan fingerprint density at radius 1 is 0.962 bits per heavy atom. The number of nitrogens with zero attached hydrogens (tertiary/aromatic N) is 3. The minimum atomic E-state index is 0.217. The van der Waals surface area contributed by atoms with Crippen LogP contribution in [0.25, 0.3) is 0 Å². The van der Waals surface area contributed by atoms with E-state index >= 15 is 0 Å². The predicted octanol–water partition coefficient (Wildman–Crippen LogP) is 3.12. The number of Topliss-reactive ketones (excluding diaryl/α,β-unsaturated/α-hetero) is 1. The Morgan fingerprint density at radius 3 is 2.23 bits per heavy atom. The molecular weight excluding hydrogens is 322 g/mol. The maximum absolute atomic E-state index is 11.9. The highest BCUT2D eigenvalue weighted by Gasteiger charge is 2.48. The Balaban J connectivity index is 1.28. The third kappa shape index (κ3) is 5.08. The quantitative estimate of drug-likeness (QED) is 0.662. The van der Waals surface area contributed by atoms with Gasteiger partial charge in [0, 0.05) is 51.1 Å². The Bertz CT molecular complexity index is 462. The Kier molecular flexibility index (Phi) is 6.79. The molecule has 2 saturated heterocycles. The summed E-state index contributed by atoms with van der Waals surface area (Å²) in [5.41, 5.74) is 0.574. The van der Waals surface area contributed by atoms with Crippen LogP contribution in [0.15, 0.2) is 0 Å². The van der Waals surface area contributed by atoms with Crippen LogP contribution in [0.4, 0.5) is 0 Å². The van der Waals surface area contributed by atoms with Gasteiger partial charge in [-0.15, -0.1) is 0 Å². The van der Waals surface area contributed by atoms with E-state index in [1.54, 1.807) is 0 Å². The molecule has 1 spiro atoms. The van der Waals surface area contributed by atoms with Crippen LogP contribution in [0.2, 0.25) is 0 Å². The first kappa shape index (κ1) is 20.3. The van der Waals surface area contributed by atoms with Crippen molar-refractivity contribution in [3.8, 4) is 0 Å². The molecule has 150 valence electrons. The number of carbonyl (C=O) groups is 1. The van der Waals surface area contributed by atoms with Gasteiger partial charge in [0.25, 0.3) is 0 Å². The van der Waals surface area contributed by atoms with Gasteiger partial charge in [-0.2, -0.15) is 0 Å². The molecule has 0 aromatic carbocycles. The van der Waals surface area contributed by atoms with Gasteiger partial charge in [0.2, 0.25) is 0 Å². The number of hydrogen-bond acceptors (Lipinski definition) is 4. The summed E-state index contributed by atoms with van der Waals surface area (Å²) < 4.78 is 0. The average Bonchev–Trinajstić information content (AvgIpc) is 2.99. The fraction of sp³-hybridized carbons (Fsp3) is 0.955. The van der Waals surface area contributed by atoms with Crippen molar-refractivity contribution in [2.75, 3.05) is 52.4 Å². The Labute approximate surface area is 161 Å². The maximum atomic E-state index is 11.9. The van der Waals surface area contributed by atoms with Crippen molar-refractivity contribution in [3.05, 3.63) is 0 Å². The van der Waals surface area contributed by atoms with Crippen LogP contribution in [-0.4, -0.2) is 78.9 Å². The van der Waals surface area contributed by atoms with Crippen LogP contribution < -0.4 is 0 Å². The molecule has 0 bridgehead atoms. The molecule has 4 heteroatoms. The van der Waals surface area contributed by atoms with Crippen LogP contribution in [-0.2, 0) is 4.79 Å². The molecular formula is C22H41N3O. The molecule has 1 aliphatic carbocycles. The molecule has 2 aliphatic heterocycles. The number of likely N-dealkylation sites (tertiary alicyclic amines) is 1. The molecule has 0 aromatic rings. The fourth-order valence-corrected chi connectivity index (χ4v) is 5.40. The van der Waals surface area contributed by atoms with E-state index in [4.69, 9.17) is 0 Å². The van der Waals surface area contributed by atoms with Crippen molar-refractivity contribution in [2.45, 2.75) is 65.8 Å². The third-order valence-electron chi connectivity index (χ3n) is 7.18. The van der Waals surface area contributed by atoms with Crippen molar-refractivity contribution in [1.29, 1.82) is 0 Å². The number of carbonyl (C=O) groups excluding carboxylic acids is 1. The second-order valence-corrected chi connectivity index (χ2v) is 9.95. The minimum Gasteiger partial charge on any atom is -0.303 e. The van der Waals surface area contributed by atoms with E-state index in [0.29, 0.717) is 23.2 Å². The molecule has 3 fully saturated rings. The van der Waals surface area contributed by atoms with Gasteiger partial charge >= 0.3 is 0 Å². The van der Waals surface area contributed by atoms with Gasteiger partial charge in [0.15, 0.2) is 0 Å². The van der Waals surface area contributed by atoms with Gasteiger partial charge in [0.1, 0.15) is 5.78 Å². The van der Waals surface area contributed by atoms with E-state index in [-0.39, 0.29) is 5.92 Å². The normalized spacial score (nSPS) is 31.2. The molecule has 26 heavy (non-hydrogen) atoms. The molecule has 0 unspecified atom stereocenters. The molecule has 0 N–H and O–H groups in total. The van der Waals surface area contributed by atoms with E-state index in [1.807, 2.05) is 13.8 Å². The summed E-state index contributed by atoms with van der Waals surface area (Å²) in [7, 11) is 0. The average molecular weight is 364 g/mol. The SMILES string of the molecule is CC(C)C(=O)CC1CC2(CCN(CCCN3CCN(C(C)C)CC3)C2)C1. The summed E-state index contributed by atoms with van der Waals surface area (Å²) in [6, 6.07) is 0.695. The van der Waals surface area contributed by atoms with Crippen LogP contribution in [0.3, 0.4) is 0 Å². The van der Waals surface area contributed by atoms with Crippen LogP contribution in [0.5, 0.6) is 0 Å². The first-order chi connectivity index (χ1) is 12.4. The molecule has 0 radical (unpaired) electrons. The first-order valence-electron chi connectivity index (χ1n) is 11.1. The third-order valence-corrected chi connectivity index (χ3v) is 7.18. The van der Waals surface area contributed by atoms with Crippen molar-refractivity contribution in [1.82, 2.24) is 14.7 Å². The Hall–Kier alpha value is -0.450. The van der Waals surface area contributed by atoms with Crippen molar-refractivity contribution in [2.24, 2.45) is 17.3 Å². The zero-order valence-electron chi connectivity index (χ0n) is 17.7. The monoisotopic (exact) mass is 363 g/mol. The summed E-state index contributed by atoms with van der Waals surface area (Å²) in [5.74, 6) is 1.37. The molecule has 0 atom stereocenters. The fourth-order valence-electron chi connectivity index (χ4n) is 5.40. The van der Waals surface area contributed by atoms with Crippen LogP contribution >= 0.6 is 0 Å². The lowest BCUT2D eigenvalue weighted by atomic mass is 9.60. The highest BCUT2D eigenvalue weighted by Crippen LogP contribution is 2.53. The largest absolute Gasteiger partial charge is 0.303 e. The standard InChI is InChI=1S/C22H41N3O/c1-18(2)21(26)14-20-15-22(16-20)6-9-24(17-22)8-5-7-23-10-12-25(13-11-23)19(3)4/h18-20H,5-17H2,1-4H3. The zero-order chi connectivity index (χ0) is 18.7. The van der Waals surface area contributed by atoms with Gasteiger partial charge in [-0.1, -0.05) is 13.8 Å². The molecule has 0 aromatic heterocycles. The lowest BCUT2D eigenvalue weighted by Gasteiger charge is -2.45. The highest BCUT2D eigenvalue weighted by molar-refractivity contribution is 5.80. The topological polar surface area (TPSA) is 26.8 Å². The van der Waals surface area contributed by atoms with Crippen molar-refractivity contribution in [3.63, 3.8) is 0 Å². The molecule has 0 amide bonds. The number of rotatable bonds is 8. The van der Waals surface area contributed by atoms with E-state index in [9.17, 15) is 4.79 Å². The molecule has 1 saturated carbocycles. The molecule has 3 aliphatic rings. The maximum Gasteiger partial charge on any atom is 0.135 e. The molecule has 2 heterocycles. The number of piperazine rings is 1. The smallest absolute Gasteiger partial charge is 0.135 e. The van der Waals surface area contributed by atoms with Gasteiger partial charge < -0.3 is 9.80 Å². The van der Waals surface area contributed by atoms with Crippen molar-refractivity contribution >= 4 is 5.78 Å². The summed E-state index contributed by atoms with van der Waals surface area (Å²) in [6.07, 6.45) is 6.12. The van der Waals surface area contributed by atoms with Crippen LogP contribution in [0, 0.1) is 17.3 Å². The summed E-state index contributed by atoms with van der Waals surface area (Å²) in [5, 5.41) is 0. The summed E-state index contributed by atoms with van der Waals surface area (Å²) in [4.78, 5) is 19.9.